The van der Waals surface area contributed by atoms with E-state index >= 15 is 0 Å². The Morgan fingerprint density at radius 3 is 3.00 bits per heavy atom. The van der Waals surface area contributed by atoms with Gasteiger partial charge in [-0.15, -0.1) is 11.3 Å². The molecule has 0 saturated carbocycles. The molecule has 0 aromatic carbocycles. The molecule has 2 aromatic heterocycles. The van der Waals surface area contributed by atoms with Gasteiger partial charge in [-0.3, -0.25) is 9.48 Å². The number of nitrogens with zero attached hydrogens (tertiary/aromatic N) is 3. The highest BCUT2D eigenvalue weighted by Gasteiger charge is 2.06. The Labute approximate surface area is 115 Å². The van der Waals surface area contributed by atoms with Crippen LogP contribution in [-0.2, 0) is 24.8 Å². The molecule has 2 rings (SSSR count). The molecule has 0 atom stereocenters. The average molecular weight is 280 g/mol. The minimum Gasteiger partial charge on any atom is -0.481 e. The van der Waals surface area contributed by atoms with E-state index in [9.17, 15) is 4.79 Å². The zero-order valence-electron chi connectivity index (χ0n) is 10.9. The Bertz CT molecular complexity index is 576. The van der Waals surface area contributed by atoms with Gasteiger partial charge in [-0.25, -0.2) is 4.98 Å². The first kappa shape index (κ1) is 13.5. The van der Waals surface area contributed by atoms with E-state index in [1.807, 2.05) is 30.2 Å². The van der Waals surface area contributed by atoms with Crippen molar-refractivity contribution in [2.75, 3.05) is 5.32 Å². The van der Waals surface area contributed by atoms with Crippen LogP contribution < -0.4 is 5.32 Å². The van der Waals surface area contributed by atoms with Crippen molar-refractivity contribution in [2.45, 2.75) is 26.3 Å². The molecule has 2 aromatic rings. The Morgan fingerprint density at radius 1 is 1.58 bits per heavy atom. The lowest BCUT2D eigenvalue weighted by molar-refractivity contribution is -0.136. The van der Waals surface area contributed by atoms with E-state index in [0.29, 0.717) is 13.0 Å². The third-order valence-corrected chi connectivity index (χ3v) is 3.76. The fraction of sp³-hybridized carbons (Fsp3) is 0.417. The number of nitrogens with one attached hydrogen (secondary N) is 1. The Kier molecular flexibility index (Phi) is 4.16. The first-order chi connectivity index (χ1) is 9.06. The molecule has 0 fully saturated rings. The monoisotopic (exact) mass is 280 g/mol. The summed E-state index contributed by atoms with van der Waals surface area (Å²) < 4.78 is 1.83. The number of carboxylic acids is 1. The predicted molar refractivity (Wildman–Crippen MR) is 73.3 cm³/mol. The van der Waals surface area contributed by atoms with Crippen LogP contribution in [0.2, 0.25) is 0 Å². The van der Waals surface area contributed by atoms with E-state index in [1.54, 1.807) is 0 Å². The molecular formula is C12H16N4O2S. The molecule has 6 nitrogen and oxygen atoms in total. The van der Waals surface area contributed by atoms with Crippen LogP contribution in [-0.4, -0.2) is 25.8 Å². The first-order valence-electron chi connectivity index (χ1n) is 5.94. The van der Waals surface area contributed by atoms with Crippen LogP contribution in [0.5, 0.6) is 0 Å². The largest absolute Gasteiger partial charge is 0.481 e. The maximum atomic E-state index is 10.5. The van der Waals surface area contributed by atoms with Crippen LogP contribution in [0.3, 0.4) is 0 Å². The van der Waals surface area contributed by atoms with Gasteiger partial charge >= 0.3 is 5.97 Å². The van der Waals surface area contributed by atoms with Gasteiger partial charge in [0.05, 0.1) is 18.3 Å². The number of rotatable bonds is 6. The lowest BCUT2D eigenvalue weighted by Crippen LogP contribution is -2.02. The van der Waals surface area contributed by atoms with Gasteiger partial charge < -0.3 is 10.4 Å². The van der Waals surface area contributed by atoms with Crippen molar-refractivity contribution in [3.05, 3.63) is 28.5 Å². The van der Waals surface area contributed by atoms with E-state index in [0.717, 1.165) is 22.1 Å². The summed E-state index contributed by atoms with van der Waals surface area (Å²) in [6, 6.07) is 0. The molecule has 0 amide bonds. The number of carbonyl (C=O) groups is 1. The van der Waals surface area contributed by atoms with Crippen molar-refractivity contribution in [3.8, 4) is 0 Å². The first-order valence-corrected chi connectivity index (χ1v) is 6.82. The molecule has 2 heterocycles. The van der Waals surface area contributed by atoms with Crippen molar-refractivity contribution in [2.24, 2.45) is 7.05 Å². The second-order valence-corrected chi connectivity index (χ2v) is 5.13. The number of hydrogen-bond acceptors (Lipinski definition) is 5. The van der Waals surface area contributed by atoms with Crippen LogP contribution in [0.25, 0.3) is 0 Å². The molecule has 0 aliphatic rings. The molecule has 19 heavy (non-hydrogen) atoms. The van der Waals surface area contributed by atoms with Crippen molar-refractivity contribution >= 4 is 22.4 Å². The molecule has 0 spiro atoms. The molecule has 0 bridgehead atoms. The zero-order valence-corrected chi connectivity index (χ0v) is 11.7. The van der Waals surface area contributed by atoms with Crippen molar-refractivity contribution in [1.82, 2.24) is 14.8 Å². The second-order valence-electron chi connectivity index (χ2n) is 4.27. The third kappa shape index (κ3) is 3.54. The van der Waals surface area contributed by atoms with Gasteiger partial charge in [-0.1, -0.05) is 0 Å². The molecule has 2 N–H and O–H groups in total. The Morgan fingerprint density at radius 2 is 2.37 bits per heavy atom. The number of hydrogen-bond donors (Lipinski definition) is 2. The van der Waals surface area contributed by atoms with Crippen LogP contribution >= 0.6 is 11.3 Å². The van der Waals surface area contributed by atoms with Crippen molar-refractivity contribution < 1.29 is 9.90 Å². The quantitative estimate of drug-likeness (QED) is 0.843. The van der Waals surface area contributed by atoms with Crippen molar-refractivity contribution in [1.29, 1.82) is 0 Å². The summed E-state index contributed by atoms with van der Waals surface area (Å²) in [5, 5.41) is 18.7. The topological polar surface area (TPSA) is 80.0 Å². The summed E-state index contributed by atoms with van der Waals surface area (Å²) in [6.07, 6.45) is 2.42. The summed E-state index contributed by atoms with van der Waals surface area (Å²) >= 11 is 1.49. The number of aliphatic carboxylic acids is 1. The number of aryl methyl sites for hydroxylation is 2. The van der Waals surface area contributed by atoms with Gasteiger partial charge in [0.1, 0.15) is 0 Å². The Hall–Kier alpha value is -1.89. The van der Waals surface area contributed by atoms with E-state index in [4.69, 9.17) is 5.11 Å². The highest BCUT2D eigenvalue weighted by Crippen LogP contribution is 2.18. The highest BCUT2D eigenvalue weighted by molar-refractivity contribution is 7.13. The van der Waals surface area contributed by atoms with Gasteiger partial charge in [-0.05, 0) is 6.92 Å². The minimum absolute atomic E-state index is 0.116. The highest BCUT2D eigenvalue weighted by atomic mass is 32.1. The molecule has 7 heteroatoms. The van der Waals surface area contributed by atoms with Gasteiger partial charge in [-0.2, -0.15) is 5.10 Å². The SMILES string of the molecule is Cc1c(CNc2nc(CCC(=O)O)cs2)cnn1C. The van der Waals surface area contributed by atoms with Crippen molar-refractivity contribution in [3.63, 3.8) is 0 Å². The summed E-state index contributed by atoms with van der Waals surface area (Å²) in [5.74, 6) is -0.798. The molecule has 0 saturated heterocycles. The summed E-state index contributed by atoms with van der Waals surface area (Å²) in [4.78, 5) is 14.8. The number of thiazole rings is 1. The fourth-order valence-electron chi connectivity index (χ4n) is 1.63. The van der Waals surface area contributed by atoms with Crippen LogP contribution in [0.1, 0.15) is 23.4 Å². The number of carboxylic acid groups (broad SMARTS) is 1. The van der Waals surface area contributed by atoms with E-state index in [1.165, 1.54) is 11.3 Å². The minimum atomic E-state index is -0.798. The van der Waals surface area contributed by atoms with Gasteiger partial charge in [0.2, 0.25) is 0 Å². The maximum Gasteiger partial charge on any atom is 0.303 e. The van der Waals surface area contributed by atoms with Crippen LogP contribution in [0.4, 0.5) is 5.13 Å². The predicted octanol–water partition coefficient (Wildman–Crippen LogP) is 1.81. The molecular weight excluding hydrogens is 264 g/mol. The van der Waals surface area contributed by atoms with E-state index in [2.05, 4.69) is 15.4 Å². The Balaban J connectivity index is 1.90. The molecule has 0 aliphatic heterocycles. The normalized spacial score (nSPS) is 10.6. The number of aromatic nitrogens is 3. The van der Waals surface area contributed by atoms with Crippen LogP contribution in [0.15, 0.2) is 11.6 Å². The van der Waals surface area contributed by atoms with Gasteiger partial charge in [0, 0.05) is 36.7 Å². The number of anilines is 1. The maximum absolute atomic E-state index is 10.5. The average Bonchev–Trinajstić information content (AvgIpc) is 2.94. The van der Waals surface area contributed by atoms with E-state index in [-0.39, 0.29) is 6.42 Å². The van der Waals surface area contributed by atoms with Gasteiger partial charge in [0.15, 0.2) is 5.13 Å². The van der Waals surface area contributed by atoms with Gasteiger partial charge in [0.25, 0.3) is 0 Å². The van der Waals surface area contributed by atoms with E-state index < -0.39 is 5.97 Å². The fourth-order valence-corrected chi connectivity index (χ4v) is 2.37. The summed E-state index contributed by atoms with van der Waals surface area (Å²) in [7, 11) is 1.91. The standard InChI is InChI=1S/C12H16N4O2S/c1-8-9(6-14-16(8)2)5-13-12-15-10(7-19-12)3-4-11(17)18/h6-7H,3-5H2,1-2H3,(H,13,15)(H,17,18). The summed E-state index contributed by atoms with van der Waals surface area (Å²) in [6.45, 7) is 2.69. The second kappa shape index (κ2) is 5.83. The lowest BCUT2D eigenvalue weighted by atomic mass is 10.2. The molecule has 0 aliphatic carbocycles. The summed E-state index contributed by atoms with van der Waals surface area (Å²) in [5.41, 5.74) is 3.07. The smallest absolute Gasteiger partial charge is 0.303 e. The van der Waals surface area contributed by atoms with Crippen LogP contribution in [0, 0.1) is 6.92 Å². The lowest BCUT2D eigenvalue weighted by Gasteiger charge is -2.02. The molecule has 0 radical (unpaired) electrons. The zero-order chi connectivity index (χ0) is 13.8. The molecule has 0 unspecified atom stereocenters. The molecule has 102 valence electrons. The third-order valence-electron chi connectivity index (χ3n) is 2.91.